The van der Waals surface area contributed by atoms with Gasteiger partial charge < -0.3 is 19.3 Å². The van der Waals surface area contributed by atoms with Crippen LogP contribution in [0.25, 0.3) is 0 Å². The monoisotopic (exact) mass is 402 g/mol. The summed E-state index contributed by atoms with van der Waals surface area (Å²) in [6, 6.07) is 9.28. The van der Waals surface area contributed by atoms with Gasteiger partial charge in [-0.3, -0.25) is 15.6 Å². The van der Waals surface area contributed by atoms with Gasteiger partial charge in [0.1, 0.15) is 5.75 Å². The van der Waals surface area contributed by atoms with Crippen LogP contribution in [0.1, 0.15) is 31.2 Å². The Morgan fingerprint density at radius 1 is 1.17 bits per heavy atom. The van der Waals surface area contributed by atoms with E-state index in [4.69, 9.17) is 9.47 Å². The lowest BCUT2D eigenvalue weighted by Crippen LogP contribution is -2.42. The number of nitrogens with zero attached hydrogens (tertiary/aromatic N) is 2. The molecule has 0 aromatic heterocycles. The number of morpholine rings is 1. The molecule has 2 heterocycles. The molecule has 2 saturated heterocycles. The highest BCUT2D eigenvalue weighted by Gasteiger charge is 2.37. The van der Waals surface area contributed by atoms with Gasteiger partial charge in [-0.1, -0.05) is 25.0 Å². The first kappa shape index (κ1) is 20.6. The first-order valence-corrected chi connectivity index (χ1v) is 11.0. The van der Waals surface area contributed by atoms with Crippen molar-refractivity contribution in [3.05, 3.63) is 29.8 Å². The fraction of sp³-hybridized carbons (Fsp3) is 0.682. The molecule has 4 rings (SSSR count). The molecule has 2 N–H and O–H groups in total. The predicted molar refractivity (Wildman–Crippen MR) is 111 cm³/mol. The number of amides is 1. The van der Waals surface area contributed by atoms with Gasteiger partial charge in [-0.25, -0.2) is 0 Å². The van der Waals surface area contributed by atoms with Gasteiger partial charge in [0.15, 0.2) is 6.61 Å². The molecular formula is C22H34N4O3. The molecule has 0 bridgehead atoms. The summed E-state index contributed by atoms with van der Waals surface area (Å²) in [5.41, 5.74) is 8.28. The highest BCUT2D eigenvalue weighted by Crippen LogP contribution is 2.30. The van der Waals surface area contributed by atoms with E-state index < -0.39 is 0 Å². The molecule has 1 aromatic carbocycles. The number of hydrazine groups is 1. The van der Waals surface area contributed by atoms with E-state index in [-0.39, 0.29) is 12.5 Å². The van der Waals surface area contributed by atoms with Crippen LogP contribution in [-0.4, -0.2) is 74.3 Å². The Labute approximate surface area is 173 Å². The average Bonchev–Trinajstić information content (AvgIpc) is 3.16. The van der Waals surface area contributed by atoms with Crippen LogP contribution in [0, 0.1) is 5.92 Å². The zero-order valence-electron chi connectivity index (χ0n) is 17.4. The highest BCUT2D eigenvalue weighted by molar-refractivity contribution is 5.77. The summed E-state index contributed by atoms with van der Waals surface area (Å²) in [6.45, 7) is 4.57. The maximum absolute atomic E-state index is 12.2. The molecule has 0 radical (unpaired) electrons. The minimum Gasteiger partial charge on any atom is -0.484 e. The Kier molecular flexibility index (Phi) is 7.02. The first-order valence-electron chi connectivity index (χ1n) is 11.0. The fourth-order valence-electron chi connectivity index (χ4n) is 4.77. The van der Waals surface area contributed by atoms with E-state index in [1.807, 2.05) is 12.1 Å². The Balaban J connectivity index is 1.21. The molecule has 2 aliphatic heterocycles. The van der Waals surface area contributed by atoms with Crippen molar-refractivity contribution >= 4 is 5.91 Å². The lowest BCUT2D eigenvalue weighted by atomic mass is 9.81. The number of carbonyl (C=O) groups excluding carboxylic acids is 1. The van der Waals surface area contributed by atoms with Crippen molar-refractivity contribution in [3.63, 3.8) is 0 Å². The van der Waals surface area contributed by atoms with Crippen molar-refractivity contribution in [1.82, 2.24) is 20.7 Å². The van der Waals surface area contributed by atoms with Crippen LogP contribution >= 0.6 is 0 Å². The number of rotatable bonds is 7. The van der Waals surface area contributed by atoms with Gasteiger partial charge >= 0.3 is 0 Å². The van der Waals surface area contributed by atoms with Gasteiger partial charge in [0.05, 0.1) is 13.2 Å². The smallest absolute Gasteiger partial charge is 0.260 e. The Hall–Kier alpha value is -1.67. The molecule has 1 saturated carbocycles. The number of hydrogen-bond acceptors (Lipinski definition) is 6. The SMILES string of the molecule is CN(Cc1ccc(OCC(=O)N2CCOCC2)cc1)CC1NNC2CCCCC21. The van der Waals surface area contributed by atoms with E-state index in [9.17, 15) is 4.79 Å². The predicted octanol–water partition coefficient (Wildman–Crippen LogP) is 1.39. The summed E-state index contributed by atoms with van der Waals surface area (Å²) in [7, 11) is 2.18. The van der Waals surface area contributed by atoms with Crippen LogP contribution in [0.15, 0.2) is 24.3 Å². The number of hydrogen-bond donors (Lipinski definition) is 2. The van der Waals surface area contributed by atoms with Crippen molar-refractivity contribution in [3.8, 4) is 5.75 Å². The number of benzene rings is 1. The van der Waals surface area contributed by atoms with E-state index in [1.165, 1.54) is 31.2 Å². The molecule has 0 spiro atoms. The van der Waals surface area contributed by atoms with Crippen molar-refractivity contribution in [2.45, 2.75) is 44.3 Å². The molecule has 1 aliphatic carbocycles. The van der Waals surface area contributed by atoms with Gasteiger partial charge in [0.2, 0.25) is 0 Å². The number of nitrogens with one attached hydrogen (secondary N) is 2. The summed E-state index contributed by atoms with van der Waals surface area (Å²) in [6.07, 6.45) is 5.34. The summed E-state index contributed by atoms with van der Waals surface area (Å²) < 4.78 is 11.0. The number of fused-ring (bicyclic) bond motifs is 1. The average molecular weight is 403 g/mol. The van der Waals surface area contributed by atoms with Crippen LogP contribution in [0.4, 0.5) is 0 Å². The Morgan fingerprint density at radius 2 is 1.93 bits per heavy atom. The van der Waals surface area contributed by atoms with Crippen molar-refractivity contribution < 1.29 is 14.3 Å². The third kappa shape index (κ3) is 5.48. The Morgan fingerprint density at radius 3 is 2.72 bits per heavy atom. The fourth-order valence-corrected chi connectivity index (χ4v) is 4.77. The largest absolute Gasteiger partial charge is 0.484 e. The second kappa shape index (κ2) is 9.89. The number of ether oxygens (including phenoxy) is 2. The lowest BCUT2D eigenvalue weighted by Gasteiger charge is -2.29. The number of carbonyl (C=O) groups is 1. The van der Waals surface area contributed by atoms with Crippen LogP contribution in [0.5, 0.6) is 5.75 Å². The van der Waals surface area contributed by atoms with E-state index >= 15 is 0 Å². The zero-order valence-corrected chi connectivity index (χ0v) is 17.4. The molecule has 3 unspecified atom stereocenters. The first-order chi connectivity index (χ1) is 14.2. The molecule has 3 fully saturated rings. The van der Waals surface area contributed by atoms with Gasteiger partial charge in [0.25, 0.3) is 5.91 Å². The quantitative estimate of drug-likeness (QED) is 0.719. The zero-order chi connectivity index (χ0) is 20.1. The highest BCUT2D eigenvalue weighted by atomic mass is 16.5. The normalized spacial score (nSPS) is 27.1. The molecule has 1 aromatic rings. The van der Waals surface area contributed by atoms with Gasteiger partial charge in [-0.15, -0.1) is 0 Å². The van der Waals surface area contributed by atoms with E-state index in [1.54, 1.807) is 4.90 Å². The van der Waals surface area contributed by atoms with Gasteiger partial charge in [-0.05, 0) is 43.5 Å². The second-order valence-electron chi connectivity index (χ2n) is 8.57. The molecule has 160 valence electrons. The summed E-state index contributed by atoms with van der Waals surface area (Å²) >= 11 is 0. The Bertz CT molecular complexity index is 663. The molecule has 1 amide bonds. The van der Waals surface area contributed by atoms with Crippen LogP contribution < -0.4 is 15.6 Å². The van der Waals surface area contributed by atoms with Crippen LogP contribution in [-0.2, 0) is 16.1 Å². The third-order valence-corrected chi connectivity index (χ3v) is 6.40. The van der Waals surface area contributed by atoms with E-state index in [2.05, 4.69) is 34.9 Å². The van der Waals surface area contributed by atoms with Crippen LogP contribution in [0.2, 0.25) is 0 Å². The van der Waals surface area contributed by atoms with Gasteiger partial charge in [0, 0.05) is 38.3 Å². The lowest BCUT2D eigenvalue weighted by molar-refractivity contribution is -0.137. The van der Waals surface area contributed by atoms with E-state index in [0.717, 1.165) is 24.8 Å². The summed E-state index contributed by atoms with van der Waals surface area (Å²) in [5, 5.41) is 0. The second-order valence-corrected chi connectivity index (χ2v) is 8.57. The molecule has 7 nitrogen and oxygen atoms in total. The molecule has 3 atom stereocenters. The number of likely N-dealkylation sites (N-methyl/N-ethyl adjacent to an activating group) is 1. The summed E-state index contributed by atoms with van der Waals surface area (Å²) in [5.74, 6) is 1.52. The van der Waals surface area contributed by atoms with Gasteiger partial charge in [-0.2, -0.15) is 0 Å². The summed E-state index contributed by atoms with van der Waals surface area (Å²) in [4.78, 5) is 16.4. The van der Waals surface area contributed by atoms with E-state index in [0.29, 0.717) is 38.4 Å². The molecular weight excluding hydrogens is 368 g/mol. The minimum atomic E-state index is 0.0239. The van der Waals surface area contributed by atoms with Crippen molar-refractivity contribution in [2.24, 2.45) is 5.92 Å². The van der Waals surface area contributed by atoms with Crippen LogP contribution in [0.3, 0.4) is 0 Å². The van der Waals surface area contributed by atoms with Crippen molar-refractivity contribution in [1.29, 1.82) is 0 Å². The molecule has 3 aliphatic rings. The maximum atomic E-state index is 12.2. The standard InChI is InChI=1S/C22H34N4O3/c1-25(15-21-19-4-2-3-5-20(19)23-24-21)14-17-6-8-18(9-7-17)29-16-22(27)26-10-12-28-13-11-26/h6-9,19-21,23-24H,2-5,10-16H2,1H3. The third-order valence-electron chi connectivity index (χ3n) is 6.40. The van der Waals surface area contributed by atoms with Crippen molar-refractivity contribution in [2.75, 3.05) is 46.5 Å². The maximum Gasteiger partial charge on any atom is 0.260 e. The topological polar surface area (TPSA) is 66.1 Å². The minimum absolute atomic E-state index is 0.0239. The molecule has 7 heteroatoms. The molecule has 29 heavy (non-hydrogen) atoms.